The van der Waals surface area contributed by atoms with Crippen LogP contribution < -0.4 is 5.73 Å². The van der Waals surface area contributed by atoms with Gasteiger partial charge < -0.3 is 5.73 Å². The molecule has 3 heteroatoms. The van der Waals surface area contributed by atoms with Crippen molar-refractivity contribution in [2.24, 2.45) is 12.8 Å². The molecule has 1 aromatic carbocycles. The highest BCUT2D eigenvalue weighted by Crippen LogP contribution is 2.24. The van der Waals surface area contributed by atoms with Gasteiger partial charge in [-0.05, 0) is 24.1 Å². The Hall–Kier alpha value is -1.35. The van der Waals surface area contributed by atoms with E-state index in [0.717, 1.165) is 0 Å². The second kappa shape index (κ2) is 3.42. The lowest BCUT2D eigenvalue weighted by atomic mass is 9.98. The molecule has 1 aromatic heterocycles. The molecule has 2 N–H and O–H groups in total. The molecule has 1 atom stereocenters. The van der Waals surface area contributed by atoms with E-state index in [2.05, 4.69) is 30.2 Å². The molecule has 0 bridgehead atoms. The van der Waals surface area contributed by atoms with Gasteiger partial charge in [-0.2, -0.15) is 5.10 Å². The summed E-state index contributed by atoms with van der Waals surface area (Å²) in [7, 11) is 1.96. The molecule has 0 saturated heterocycles. The van der Waals surface area contributed by atoms with Crippen molar-refractivity contribution in [2.45, 2.75) is 12.8 Å². The zero-order valence-corrected chi connectivity index (χ0v) is 8.57. The molecule has 14 heavy (non-hydrogen) atoms. The van der Waals surface area contributed by atoms with Crippen LogP contribution in [0.1, 0.15) is 18.4 Å². The number of fused-ring (bicyclic) bond motifs is 1. The van der Waals surface area contributed by atoms with Gasteiger partial charge in [-0.25, -0.2) is 0 Å². The summed E-state index contributed by atoms with van der Waals surface area (Å²) in [5.41, 5.74) is 8.13. The number of benzene rings is 1. The summed E-state index contributed by atoms with van der Waals surface area (Å²) in [5, 5.41) is 5.46. The first kappa shape index (κ1) is 9.21. The van der Waals surface area contributed by atoms with Crippen LogP contribution in [-0.4, -0.2) is 16.3 Å². The van der Waals surface area contributed by atoms with Crippen LogP contribution in [0.3, 0.4) is 0 Å². The summed E-state index contributed by atoms with van der Waals surface area (Å²) in [4.78, 5) is 0. The molecule has 1 heterocycles. The second-order valence-electron chi connectivity index (χ2n) is 3.68. The van der Waals surface area contributed by atoms with Crippen LogP contribution in [0.2, 0.25) is 0 Å². The van der Waals surface area contributed by atoms with Gasteiger partial charge >= 0.3 is 0 Å². The smallest absolute Gasteiger partial charge is 0.0681 e. The summed E-state index contributed by atoms with van der Waals surface area (Å²) in [6.07, 6.45) is 1.91. The number of rotatable bonds is 2. The van der Waals surface area contributed by atoms with Crippen molar-refractivity contribution in [3.8, 4) is 0 Å². The lowest BCUT2D eigenvalue weighted by Crippen LogP contribution is -2.08. The predicted octanol–water partition coefficient (Wildman–Crippen LogP) is 1.64. The van der Waals surface area contributed by atoms with Gasteiger partial charge in [0.1, 0.15) is 0 Å². The fraction of sp³-hybridized carbons (Fsp3) is 0.364. The van der Waals surface area contributed by atoms with Gasteiger partial charge in [-0.15, -0.1) is 0 Å². The molecule has 74 valence electrons. The van der Waals surface area contributed by atoms with Crippen LogP contribution in [0.4, 0.5) is 0 Å². The van der Waals surface area contributed by atoms with E-state index < -0.39 is 0 Å². The average molecular weight is 189 g/mol. The zero-order valence-electron chi connectivity index (χ0n) is 8.57. The minimum atomic E-state index is 0.392. The predicted molar refractivity (Wildman–Crippen MR) is 58.2 cm³/mol. The highest BCUT2D eigenvalue weighted by Gasteiger charge is 2.09. The highest BCUT2D eigenvalue weighted by atomic mass is 15.2. The average Bonchev–Trinajstić information content (AvgIpc) is 2.59. The minimum absolute atomic E-state index is 0.392. The van der Waals surface area contributed by atoms with E-state index in [1.54, 1.807) is 0 Å². The zero-order chi connectivity index (χ0) is 10.1. The van der Waals surface area contributed by atoms with Crippen LogP contribution in [-0.2, 0) is 7.05 Å². The third kappa shape index (κ3) is 1.30. The minimum Gasteiger partial charge on any atom is -0.330 e. The molecular weight excluding hydrogens is 174 g/mol. The molecule has 0 aliphatic carbocycles. The van der Waals surface area contributed by atoms with Crippen LogP contribution in [0, 0.1) is 0 Å². The van der Waals surface area contributed by atoms with E-state index in [0.29, 0.717) is 12.5 Å². The van der Waals surface area contributed by atoms with E-state index in [1.807, 2.05) is 17.9 Å². The Morgan fingerprint density at radius 3 is 3.00 bits per heavy atom. The van der Waals surface area contributed by atoms with Crippen molar-refractivity contribution in [1.29, 1.82) is 0 Å². The first-order chi connectivity index (χ1) is 6.74. The van der Waals surface area contributed by atoms with E-state index in [4.69, 9.17) is 5.73 Å². The van der Waals surface area contributed by atoms with Crippen LogP contribution in [0.15, 0.2) is 24.4 Å². The van der Waals surface area contributed by atoms with E-state index in [-0.39, 0.29) is 0 Å². The Morgan fingerprint density at radius 2 is 2.29 bits per heavy atom. The van der Waals surface area contributed by atoms with Crippen molar-refractivity contribution in [3.63, 3.8) is 0 Å². The largest absolute Gasteiger partial charge is 0.330 e. The summed E-state index contributed by atoms with van der Waals surface area (Å²) < 4.78 is 1.89. The molecule has 2 aromatic rings. The fourth-order valence-electron chi connectivity index (χ4n) is 1.76. The lowest BCUT2D eigenvalue weighted by molar-refractivity contribution is 0.780. The van der Waals surface area contributed by atoms with Gasteiger partial charge in [0.2, 0.25) is 0 Å². The molecule has 0 fully saturated rings. The van der Waals surface area contributed by atoms with Crippen molar-refractivity contribution >= 4 is 10.9 Å². The van der Waals surface area contributed by atoms with Gasteiger partial charge in [0.05, 0.1) is 11.7 Å². The molecule has 0 radical (unpaired) electrons. The van der Waals surface area contributed by atoms with Crippen molar-refractivity contribution in [2.75, 3.05) is 6.54 Å². The Labute approximate surface area is 83.5 Å². The summed E-state index contributed by atoms with van der Waals surface area (Å²) >= 11 is 0. The molecule has 0 aliphatic rings. The summed E-state index contributed by atoms with van der Waals surface area (Å²) in [6.45, 7) is 2.82. The van der Waals surface area contributed by atoms with E-state index in [9.17, 15) is 0 Å². The standard InChI is InChI=1S/C11H15N3/c1-8(6-12)9-4-3-5-11-10(9)7-13-14(11)2/h3-5,7-8H,6,12H2,1-2H3. The monoisotopic (exact) mass is 189 g/mol. The maximum atomic E-state index is 5.67. The Balaban J connectivity index is 2.65. The maximum Gasteiger partial charge on any atom is 0.0681 e. The van der Waals surface area contributed by atoms with Crippen molar-refractivity contribution < 1.29 is 0 Å². The second-order valence-corrected chi connectivity index (χ2v) is 3.68. The summed E-state index contributed by atoms with van der Waals surface area (Å²) in [5.74, 6) is 0.392. The lowest BCUT2D eigenvalue weighted by Gasteiger charge is -2.09. The number of aryl methyl sites for hydroxylation is 1. The normalized spacial score (nSPS) is 13.4. The SMILES string of the molecule is CC(CN)c1cccc2c1cnn2C. The third-order valence-electron chi connectivity index (χ3n) is 2.71. The maximum absolute atomic E-state index is 5.67. The van der Waals surface area contributed by atoms with Crippen molar-refractivity contribution in [3.05, 3.63) is 30.0 Å². The van der Waals surface area contributed by atoms with E-state index in [1.165, 1.54) is 16.5 Å². The molecule has 0 spiro atoms. The molecule has 1 unspecified atom stereocenters. The Morgan fingerprint density at radius 1 is 1.50 bits per heavy atom. The molecule has 0 amide bonds. The van der Waals surface area contributed by atoms with Gasteiger partial charge in [0.15, 0.2) is 0 Å². The van der Waals surface area contributed by atoms with E-state index >= 15 is 0 Å². The first-order valence-electron chi connectivity index (χ1n) is 4.84. The number of nitrogens with zero attached hydrogens (tertiary/aromatic N) is 2. The number of hydrogen-bond donors (Lipinski definition) is 1. The Kier molecular flexibility index (Phi) is 2.25. The van der Waals surface area contributed by atoms with Crippen molar-refractivity contribution in [1.82, 2.24) is 9.78 Å². The quantitative estimate of drug-likeness (QED) is 0.780. The topological polar surface area (TPSA) is 43.8 Å². The number of hydrogen-bond acceptors (Lipinski definition) is 2. The molecular formula is C11H15N3. The fourth-order valence-corrected chi connectivity index (χ4v) is 1.76. The van der Waals surface area contributed by atoms with Crippen LogP contribution in [0.5, 0.6) is 0 Å². The Bertz CT molecular complexity index is 445. The molecule has 3 nitrogen and oxygen atoms in total. The van der Waals surface area contributed by atoms with Gasteiger partial charge in [0, 0.05) is 12.4 Å². The van der Waals surface area contributed by atoms with Gasteiger partial charge in [-0.3, -0.25) is 4.68 Å². The highest BCUT2D eigenvalue weighted by molar-refractivity contribution is 5.82. The van der Waals surface area contributed by atoms with Gasteiger partial charge in [-0.1, -0.05) is 19.1 Å². The molecule has 0 aliphatic heterocycles. The van der Waals surface area contributed by atoms with Crippen LogP contribution in [0.25, 0.3) is 10.9 Å². The molecule has 0 saturated carbocycles. The first-order valence-corrected chi connectivity index (χ1v) is 4.84. The number of aromatic nitrogens is 2. The molecule has 2 rings (SSSR count). The third-order valence-corrected chi connectivity index (χ3v) is 2.71. The van der Waals surface area contributed by atoms with Gasteiger partial charge in [0.25, 0.3) is 0 Å². The summed E-state index contributed by atoms with van der Waals surface area (Å²) in [6, 6.07) is 6.27. The van der Waals surface area contributed by atoms with Crippen LogP contribution >= 0.6 is 0 Å². The number of nitrogens with two attached hydrogens (primary N) is 1.